The number of phenolic OH excluding ortho intramolecular Hbond substituents is 1. The van der Waals surface area contributed by atoms with Gasteiger partial charge in [-0.25, -0.2) is 0 Å². The number of fused-ring (bicyclic) bond motifs is 1. The maximum Gasteiger partial charge on any atom is 0.302 e. The van der Waals surface area contributed by atoms with Crippen LogP contribution >= 0.6 is 11.3 Å². The molecule has 0 aliphatic carbocycles. The Balaban J connectivity index is 2.15. The molecule has 0 spiro atoms. The molecule has 0 aliphatic rings. The number of phenols is 1. The maximum absolute atomic E-state index is 10.6. The first-order chi connectivity index (χ1) is 7.66. The van der Waals surface area contributed by atoms with Crippen LogP contribution in [0.1, 0.15) is 12.5 Å². The van der Waals surface area contributed by atoms with Crippen molar-refractivity contribution in [2.24, 2.45) is 0 Å². The Kier molecular flexibility index (Phi) is 3.10. The minimum atomic E-state index is -0.253. The molecule has 2 rings (SSSR count). The highest BCUT2D eigenvalue weighted by Crippen LogP contribution is 2.29. The SMILES string of the molecule is CC(=O)OCCc1csc2cc(O)ccc12. The van der Waals surface area contributed by atoms with Crippen molar-refractivity contribution in [3.63, 3.8) is 0 Å². The zero-order valence-corrected chi connectivity index (χ0v) is 9.71. The van der Waals surface area contributed by atoms with E-state index >= 15 is 0 Å². The summed E-state index contributed by atoms with van der Waals surface area (Å²) < 4.78 is 5.96. The van der Waals surface area contributed by atoms with Gasteiger partial charge < -0.3 is 9.84 Å². The van der Waals surface area contributed by atoms with Gasteiger partial charge in [-0.1, -0.05) is 0 Å². The highest BCUT2D eigenvalue weighted by atomic mass is 32.1. The van der Waals surface area contributed by atoms with Crippen LogP contribution in [0.5, 0.6) is 5.75 Å². The van der Waals surface area contributed by atoms with Crippen molar-refractivity contribution in [3.05, 3.63) is 29.1 Å². The van der Waals surface area contributed by atoms with Crippen molar-refractivity contribution in [3.8, 4) is 5.75 Å². The molecule has 16 heavy (non-hydrogen) atoms. The summed E-state index contributed by atoms with van der Waals surface area (Å²) >= 11 is 1.59. The van der Waals surface area contributed by atoms with Crippen LogP contribution in [0.4, 0.5) is 0 Å². The van der Waals surface area contributed by atoms with E-state index in [1.54, 1.807) is 23.5 Å². The van der Waals surface area contributed by atoms with Crippen molar-refractivity contribution in [1.29, 1.82) is 0 Å². The molecule has 3 nitrogen and oxygen atoms in total. The van der Waals surface area contributed by atoms with Crippen LogP contribution in [0.15, 0.2) is 23.6 Å². The average Bonchev–Trinajstić information content (AvgIpc) is 2.60. The summed E-state index contributed by atoms with van der Waals surface area (Å²) in [6.07, 6.45) is 0.713. The molecule has 0 aliphatic heterocycles. The van der Waals surface area contributed by atoms with Gasteiger partial charge in [0.2, 0.25) is 0 Å². The van der Waals surface area contributed by atoms with Gasteiger partial charge in [0.05, 0.1) is 6.61 Å². The van der Waals surface area contributed by atoms with Gasteiger partial charge in [-0.05, 0) is 34.5 Å². The average molecular weight is 236 g/mol. The Morgan fingerprint density at radius 2 is 2.31 bits per heavy atom. The summed E-state index contributed by atoms with van der Waals surface area (Å²) in [6.45, 7) is 1.81. The second-order valence-electron chi connectivity index (χ2n) is 3.53. The predicted octanol–water partition coefficient (Wildman–Crippen LogP) is 2.71. The second-order valence-corrected chi connectivity index (χ2v) is 4.44. The van der Waals surface area contributed by atoms with Crippen LogP contribution in [0.25, 0.3) is 10.1 Å². The lowest BCUT2D eigenvalue weighted by atomic mass is 10.1. The van der Waals surface area contributed by atoms with Gasteiger partial charge in [0.15, 0.2) is 0 Å². The fraction of sp³-hybridized carbons (Fsp3) is 0.250. The van der Waals surface area contributed by atoms with Crippen LogP contribution in [0.3, 0.4) is 0 Å². The van der Waals surface area contributed by atoms with E-state index in [1.165, 1.54) is 6.92 Å². The molecule has 0 unspecified atom stereocenters. The van der Waals surface area contributed by atoms with Gasteiger partial charge in [0.25, 0.3) is 0 Å². The molecule has 1 N–H and O–H groups in total. The lowest BCUT2D eigenvalue weighted by Crippen LogP contribution is -2.02. The van der Waals surface area contributed by atoms with Crippen molar-refractivity contribution in [2.75, 3.05) is 6.61 Å². The number of carbonyl (C=O) groups is 1. The maximum atomic E-state index is 10.6. The second kappa shape index (κ2) is 4.53. The number of hydrogen-bond acceptors (Lipinski definition) is 4. The van der Waals surface area contributed by atoms with Gasteiger partial charge in [-0.3, -0.25) is 4.79 Å². The summed E-state index contributed by atoms with van der Waals surface area (Å²) in [4.78, 5) is 10.6. The fourth-order valence-corrected chi connectivity index (χ4v) is 2.60. The van der Waals surface area contributed by atoms with E-state index in [9.17, 15) is 9.90 Å². The Bertz CT molecular complexity index is 516. The van der Waals surface area contributed by atoms with E-state index < -0.39 is 0 Å². The molecule has 1 heterocycles. The molecule has 0 radical (unpaired) electrons. The standard InChI is InChI=1S/C12H12O3S/c1-8(13)15-5-4-9-7-16-12-6-10(14)2-3-11(9)12/h2-3,6-7,14H,4-5H2,1H3. The topological polar surface area (TPSA) is 46.5 Å². The van der Waals surface area contributed by atoms with Gasteiger partial charge >= 0.3 is 5.97 Å². The summed E-state index contributed by atoms with van der Waals surface area (Å²) in [6, 6.07) is 5.31. The molecule has 0 amide bonds. The van der Waals surface area contributed by atoms with Crippen LogP contribution < -0.4 is 0 Å². The minimum absolute atomic E-state index is 0.253. The van der Waals surface area contributed by atoms with Gasteiger partial charge in [-0.2, -0.15) is 0 Å². The monoisotopic (exact) mass is 236 g/mol. The number of esters is 1. The molecule has 1 aromatic carbocycles. The number of thiophene rings is 1. The van der Waals surface area contributed by atoms with Crippen molar-refractivity contribution >= 4 is 27.4 Å². The van der Waals surface area contributed by atoms with E-state index in [0.29, 0.717) is 13.0 Å². The molecule has 0 fully saturated rings. The van der Waals surface area contributed by atoms with Crippen molar-refractivity contribution in [2.45, 2.75) is 13.3 Å². The van der Waals surface area contributed by atoms with Crippen LogP contribution in [-0.4, -0.2) is 17.7 Å². The third kappa shape index (κ3) is 2.33. The van der Waals surface area contributed by atoms with E-state index in [4.69, 9.17) is 4.74 Å². The highest BCUT2D eigenvalue weighted by molar-refractivity contribution is 7.17. The summed E-state index contributed by atoms with van der Waals surface area (Å²) in [7, 11) is 0. The Labute approximate surface area is 97.3 Å². The number of ether oxygens (including phenoxy) is 1. The first-order valence-corrected chi connectivity index (χ1v) is 5.87. The van der Waals surface area contributed by atoms with Crippen molar-refractivity contribution in [1.82, 2.24) is 0 Å². The van der Waals surface area contributed by atoms with Gasteiger partial charge in [-0.15, -0.1) is 11.3 Å². The summed E-state index contributed by atoms with van der Waals surface area (Å²) in [5.41, 5.74) is 1.15. The van der Waals surface area contributed by atoms with Crippen molar-refractivity contribution < 1.29 is 14.6 Å². The van der Waals surface area contributed by atoms with E-state index in [-0.39, 0.29) is 11.7 Å². The lowest BCUT2D eigenvalue weighted by Gasteiger charge is -2.01. The first kappa shape index (κ1) is 11.0. The third-order valence-electron chi connectivity index (χ3n) is 2.32. The van der Waals surface area contributed by atoms with Gasteiger partial charge in [0, 0.05) is 18.0 Å². The number of rotatable bonds is 3. The largest absolute Gasteiger partial charge is 0.508 e. The Morgan fingerprint density at radius 1 is 1.50 bits per heavy atom. The summed E-state index contributed by atoms with van der Waals surface area (Å²) in [5.74, 6) is 0.0260. The molecular weight excluding hydrogens is 224 g/mol. The molecule has 84 valence electrons. The Hall–Kier alpha value is -1.55. The number of aromatic hydroxyl groups is 1. The van der Waals surface area contributed by atoms with Crippen LogP contribution in [0, 0.1) is 0 Å². The first-order valence-electron chi connectivity index (χ1n) is 4.99. The van der Waals surface area contributed by atoms with E-state index in [1.807, 2.05) is 11.4 Å². The lowest BCUT2D eigenvalue weighted by molar-refractivity contribution is -0.140. The number of hydrogen-bond donors (Lipinski definition) is 1. The number of carbonyl (C=O) groups excluding carboxylic acids is 1. The molecule has 0 saturated heterocycles. The highest BCUT2D eigenvalue weighted by Gasteiger charge is 2.05. The van der Waals surface area contributed by atoms with E-state index in [0.717, 1.165) is 15.6 Å². The molecule has 0 saturated carbocycles. The van der Waals surface area contributed by atoms with Crippen LogP contribution in [-0.2, 0) is 16.0 Å². The number of benzene rings is 1. The molecular formula is C12H12O3S. The normalized spacial score (nSPS) is 10.6. The van der Waals surface area contributed by atoms with Crippen LogP contribution in [0.2, 0.25) is 0 Å². The fourth-order valence-electron chi connectivity index (χ4n) is 1.57. The molecule has 1 aromatic heterocycles. The third-order valence-corrected chi connectivity index (χ3v) is 3.31. The summed E-state index contributed by atoms with van der Waals surface area (Å²) in [5, 5.41) is 12.5. The molecule has 0 atom stereocenters. The minimum Gasteiger partial charge on any atom is -0.508 e. The quantitative estimate of drug-likeness (QED) is 0.833. The molecule has 4 heteroatoms. The van der Waals surface area contributed by atoms with Gasteiger partial charge in [0.1, 0.15) is 5.75 Å². The Morgan fingerprint density at radius 3 is 3.06 bits per heavy atom. The molecule has 2 aromatic rings. The zero-order chi connectivity index (χ0) is 11.5. The molecule has 0 bridgehead atoms. The van der Waals surface area contributed by atoms with E-state index in [2.05, 4.69) is 0 Å². The predicted molar refractivity (Wildman–Crippen MR) is 63.8 cm³/mol. The smallest absolute Gasteiger partial charge is 0.302 e. The zero-order valence-electron chi connectivity index (χ0n) is 8.90.